The van der Waals surface area contributed by atoms with Gasteiger partial charge >= 0.3 is 0 Å². The Bertz CT molecular complexity index is 509. The van der Waals surface area contributed by atoms with Crippen LogP contribution in [0.25, 0.3) is 0 Å². The summed E-state index contributed by atoms with van der Waals surface area (Å²) in [6.07, 6.45) is 0.707. The molecule has 0 aliphatic carbocycles. The van der Waals surface area contributed by atoms with E-state index >= 15 is 0 Å². The highest BCUT2D eigenvalue weighted by Gasteiger charge is 2.11. The van der Waals surface area contributed by atoms with Crippen LogP contribution in [-0.4, -0.2) is 4.92 Å². The van der Waals surface area contributed by atoms with Crippen LogP contribution < -0.4 is 5.73 Å². The summed E-state index contributed by atoms with van der Waals surface area (Å²) in [5.74, 6) is 0. The Balaban J connectivity index is 2.29. The van der Waals surface area contributed by atoms with Crippen molar-refractivity contribution in [3.63, 3.8) is 0 Å². The molecule has 4 nitrogen and oxygen atoms in total. The van der Waals surface area contributed by atoms with Crippen LogP contribution in [0.3, 0.4) is 0 Å². The van der Waals surface area contributed by atoms with Crippen LogP contribution in [-0.2, 0) is 6.42 Å². The van der Waals surface area contributed by atoms with Crippen LogP contribution in [0.1, 0.15) is 10.4 Å². The predicted octanol–water partition coefficient (Wildman–Crippen LogP) is 2.83. The minimum absolute atomic E-state index is 0.0194. The molecule has 0 saturated heterocycles. The predicted molar refractivity (Wildman–Crippen MR) is 64.6 cm³/mol. The molecule has 0 amide bonds. The molecule has 0 atom stereocenters. The molecule has 2 N–H and O–H groups in total. The molecule has 0 unspecified atom stereocenters. The van der Waals surface area contributed by atoms with Crippen LogP contribution in [0.15, 0.2) is 35.7 Å². The number of hydrogen-bond donors (Lipinski definition) is 1. The van der Waals surface area contributed by atoms with E-state index in [1.165, 1.54) is 10.9 Å². The minimum atomic E-state index is -0.451. The number of nitrogens with two attached hydrogens (primary N) is 1. The van der Waals surface area contributed by atoms with Gasteiger partial charge in [0, 0.05) is 17.4 Å². The van der Waals surface area contributed by atoms with E-state index in [0.29, 0.717) is 6.42 Å². The highest BCUT2D eigenvalue weighted by atomic mass is 32.1. The van der Waals surface area contributed by atoms with Crippen LogP contribution in [0.4, 0.5) is 11.4 Å². The van der Waals surface area contributed by atoms with Gasteiger partial charge in [0.1, 0.15) is 5.69 Å². The van der Waals surface area contributed by atoms with Gasteiger partial charge < -0.3 is 5.73 Å². The number of nitrogens with zero attached hydrogens (tertiary/aromatic N) is 1. The van der Waals surface area contributed by atoms with Gasteiger partial charge in [-0.05, 0) is 23.1 Å². The zero-order valence-electron chi connectivity index (χ0n) is 8.42. The average Bonchev–Trinajstić information content (AvgIpc) is 2.73. The van der Waals surface area contributed by atoms with Gasteiger partial charge in [0.25, 0.3) is 5.69 Å². The van der Waals surface area contributed by atoms with Gasteiger partial charge in [-0.3, -0.25) is 10.1 Å². The number of nitro benzene ring substituents is 1. The summed E-state index contributed by atoms with van der Waals surface area (Å²) in [6, 6.07) is 8.91. The van der Waals surface area contributed by atoms with E-state index in [2.05, 4.69) is 0 Å². The third-order valence-corrected chi connectivity index (χ3v) is 3.13. The standard InChI is InChI=1S/C11H10N2O2S/c12-10-4-3-8(7-11(10)13(14)15)6-9-2-1-5-16-9/h1-5,7H,6,12H2. The lowest BCUT2D eigenvalue weighted by molar-refractivity contribution is -0.383. The van der Waals surface area contributed by atoms with E-state index in [9.17, 15) is 10.1 Å². The molecular formula is C11H10N2O2S. The van der Waals surface area contributed by atoms with Crippen LogP contribution >= 0.6 is 11.3 Å². The van der Waals surface area contributed by atoms with Crippen LogP contribution in [0.5, 0.6) is 0 Å². The number of rotatable bonds is 3. The van der Waals surface area contributed by atoms with E-state index in [1.54, 1.807) is 17.4 Å². The molecule has 0 spiro atoms. The normalized spacial score (nSPS) is 10.2. The maximum absolute atomic E-state index is 10.7. The summed E-state index contributed by atoms with van der Waals surface area (Å²) in [5, 5.41) is 12.7. The van der Waals surface area contributed by atoms with E-state index in [0.717, 1.165) is 5.56 Å². The maximum Gasteiger partial charge on any atom is 0.292 e. The molecule has 1 heterocycles. The van der Waals surface area contributed by atoms with Gasteiger partial charge in [-0.25, -0.2) is 0 Å². The summed E-state index contributed by atoms with van der Waals surface area (Å²) in [4.78, 5) is 11.4. The quantitative estimate of drug-likeness (QED) is 0.504. The largest absolute Gasteiger partial charge is 0.393 e. The number of anilines is 1. The summed E-state index contributed by atoms with van der Waals surface area (Å²) in [6.45, 7) is 0. The van der Waals surface area contributed by atoms with Gasteiger partial charge in [0.05, 0.1) is 4.92 Å². The Hall–Kier alpha value is -1.88. The highest BCUT2D eigenvalue weighted by molar-refractivity contribution is 7.09. The van der Waals surface area contributed by atoms with Gasteiger partial charge in [-0.15, -0.1) is 11.3 Å². The second kappa shape index (κ2) is 4.32. The van der Waals surface area contributed by atoms with Gasteiger partial charge in [0.2, 0.25) is 0 Å². The molecule has 82 valence electrons. The molecule has 16 heavy (non-hydrogen) atoms. The molecule has 1 aromatic heterocycles. The first-order valence-corrected chi connectivity index (χ1v) is 5.60. The molecule has 0 saturated carbocycles. The SMILES string of the molecule is Nc1ccc(Cc2cccs2)cc1[N+](=O)[O-]. The van der Waals surface area contributed by atoms with Gasteiger partial charge in [-0.1, -0.05) is 12.1 Å². The Morgan fingerprint density at radius 2 is 2.19 bits per heavy atom. The second-order valence-corrected chi connectivity index (χ2v) is 4.44. The highest BCUT2D eigenvalue weighted by Crippen LogP contribution is 2.24. The molecule has 2 aromatic rings. The monoisotopic (exact) mass is 234 g/mol. The smallest absolute Gasteiger partial charge is 0.292 e. The zero-order chi connectivity index (χ0) is 11.5. The van der Waals surface area contributed by atoms with Crippen LogP contribution in [0.2, 0.25) is 0 Å². The first-order valence-electron chi connectivity index (χ1n) is 4.72. The molecule has 1 aromatic carbocycles. The Morgan fingerprint density at radius 1 is 1.38 bits per heavy atom. The lowest BCUT2D eigenvalue weighted by Gasteiger charge is -2.01. The van der Waals surface area contributed by atoms with E-state index in [-0.39, 0.29) is 11.4 Å². The van der Waals surface area contributed by atoms with Crippen molar-refractivity contribution in [2.75, 3.05) is 5.73 Å². The number of hydrogen-bond acceptors (Lipinski definition) is 4. The molecule has 5 heteroatoms. The molecule has 0 bridgehead atoms. The maximum atomic E-state index is 10.7. The third-order valence-electron chi connectivity index (χ3n) is 2.25. The van der Waals surface area contributed by atoms with Crippen molar-refractivity contribution >= 4 is 22.7 Å². The topological polar surface area (TPSA) is 69.2 Å². The fourth-order valence-corrected chi connectivity index (χ4v) is 2.21. The summed E-state index contributed by atoms with van der Waals surface area (Å²) in [7, 11) is 0. The summed E-state index contributed by atoms with van der Waals surface area (Å²) >= 11 is 1.64. The van der Waals surface area contributed by atoms with Crippen molar-refractivity contribution in [2.24, 2.45) is 0 Å². The second-order valence-electron chi connectivity index (χ2n) is 3.41. The lowest BCUT2D eigenvalue weighted by Crippen LogP contribution is -1.97. The third kappa shape index (κ3) is 2.20. The molecule has 0 radical (unpaired) electrons. The van der Waals surface area contributed by atoms with Crippen molar-refractivity contribution in [3.05, 3.63) is 56.3 Å². The molecular weight excluding hydrogens is 224 g/mol. The average molecular weight is 234 g/mol. The van der Waals surface area contributed by atoms with Crippen molar-refractivity contribution in [3.8, 4) is 0 Å². The molecule has 0 fully saturated rings. The minimum Gasteiger partial charge on any atom is -0.393 e. The summed E-state index contributed by atoms with van der Waals surface area (Å²) < 4.78 is 0. The van der Waals surface area contributed by atoms with Crippen molar-refractivity contribution in [1.82, 2.24) is 0 Å². The Kier molecular flexibility index (Phi) is 2.87. The van der Waals surface area contributed by atoms with Gasteiger partial charge in [-0.2, -0.15) is 0 Å². The molecule has 0 aliphatic rings. The molecule has 0 aliphatic heterocycles. The number of nitrogen functional groups attached to an aromatic ring is 1. The van der Waals surface area contributed by atoms with Crippen LogP contribution in [0, 0.1) is 10.1 Å². The lowest BCUT2D eigenvalue weighted by atomic mass is 10.1. The fourth-order valence-electron chi connectivity index (χ4n) is 1.47. The molecule has 2 rings (SSSR count). The van der Waals surface area contributed by atoms with E-state index in [1.807, 2.05) is 23.6 Å². The Morgan fingerprint density at radius 3 is 2.81 bits per heavy atom. The first-order chi connectivity index (χ1) is 7.66. The van der Waals surface area contributed by atoms with E-state index in [4.69, 9.17) is 5.73 Å². The van der Waals surface area contributed by atoms with Crippen molar-refractivity contribution < 1.29 is 4.92 Å². The first kappa shape index (κ1) is 10.6. The Labute approximate surface area is 96.5 Å². The van der Waals surface area contributed by atoms with Crippen molar-refractivity contribution in [2.45, 2.75) is 6.42 Å². The number of benzene rings is 1. The fraction of sp³-hybridized carbons (Fsp3) is 0.0909. The van der Waals surface area contributed by atoms with Gasteiger partial charge in [0.15, 0.2) is 0 Å². The van der Waals surface area contributed by atoms with Crippen molar-refractivity contribution in [1.29, 1.82) is 0 Å². The zero-order valence-corrected chi connectivity index (χ0v) is 9.24. The number of nitro groups is 1. The van der Waals surface area contributed by atoms with E-state index < -0.39 is 4.92 Å². The summed E-state index contributed by atoms with van der Waals surface area (Å²) in [5.41, 5.74) is 6.62. The number of thiophene rings is 1.